The van der Waals surface area contributed by atoms with Gasteiger partial charge in [0.25, 0.3) is 0 Å². The van der Waals surface area contributed by atoms with E-state index in [0.29, 0.717) is 12.6 Å². The maximum atomic E-state index is 6.20. The van der Waals surface area contributed by atoms with Crippen LogP contribution in [0.25, 0.3) is 0 Å². The number of nitrogens with zero attached hydrogens (tertiary/aromatic N) is 2. The van der Waals surface area contributed by atoms with Gasteiger partial charge in [0, 0.05) is 55.9 Å². The first-order chi connectivity index (χ1) is 13.1. The quantitative estimate of drug-likeness (QED) is 0.748. The first-order valence-electron chi connectivity index (χ1n) is 9.70. The molecule has 1 heterocycles. The average molecular weight is 388 g/mol. The molecule has 0 aliphatic carbocycles. The van der Waals surface area contributed by atoms with Gasteiger partial charge in [0.05, 0.1) is 0 Å². The number of likely N-dealkylation sites (N-methyl/N-ethyl adjacent to an activating group) is 1. The first-order valence-corrected chi connectivity index (χ1v) is 10.1. The summed E-state index contributed by atoms with van der Waals surface area (Å²) in [6.45, 7) is 9.27. The lowest BCUT2D eigenvalue weighted by Gasteiger charge is -2.36. The van der Waals surface area contributed by atoms with Crippen molar-refractivity contribution in [2.24, 2.45) is 0 Å². The molecule has 146 valence electrons. The Labute approximate surface area is 168 Å². The number of ether oxygens (including phenoxy) is 1. The molecule has 1 N–H and O–H groups in total. The lowest BCUT2D eigenvalue weighted by molar-refractivity contribution is 0.118. The summed E-state index contributed by atoms with van der Waals surface area (Å²) >= 11 is 6.20. The van der Waals surface area contributed by atoms with E-state index in [1.165, 1.54) is 5.56 Å². The van der Waals surface area contributed by atoms with Crippen LogP contribution in [0.4, 0.5) is 0 Å². The average Bonchev–Trinajstić information content (AvgIpc) is 2.68. The second-order valence-electron chi connectivity index (χ2n) is 7.35. The van der Waals surface area contributed by atoms with E-state index in [1.54, 1.807) is 0 Å². The molecule has 1 aliphatic rings. The number of benzene rings is 2. The fourth-order valence-electron chi connectivity index (χ4n) is 3.34. The Morgan fingerprint density at radius 2 is 1.85 bits per heavy atom. The molecule has 2 aromatic carbocycles. The zero-order valence-electron chi connectivity index (χ0n) is 16.3. The molecule has 1 atom stereocenters. The molecular formula is C22H30ClN3O. The number of nitrogens with one attached hydrogen (secondary N) is 1. The fraction of sp³-hybridized carbons (Fsp3) is 0.455. The number of rotatable bonds is 8. The van der Waals surface area contributed by atoms with Gasteiger partial charge < -0.3 is 15.0 Å². The van der Waals surface area contributed by atoms with Crippen molar-refractivity contribution in [3.05, 3.63) is 64.7 Å². The van der Waals surface area contributed by atoms with Crippen molar-refractivity contribution in [2.75, 3.05) is 39.8 Å². The van der Waals surface area contributed by atoms with Crippen LogP contribution in [0.5, 0.6) is 5.75 Å². The number of hydrogen-bond donors (Lipinski definition) is 1. The van der Waals surface area contributed by atoms with Gasteiger partial charge in [-0.2, -0.15) is 0 Å². The zero-order chi connectivity index (χ0) is 19.1. The van der Waals surface area contributed by atoms with Crippen LogP contribution in [0.15, 0.2) is 48.5 Å². The predicted molar refractivity (Wildman–Crippen MR) is 112 cm³/mol. The molecule has 0 bridgehead atoms. The molecule has 1 unspecified atom stereocenters. The van der Waals surface area contributed by atoms with E-state index >= 15 is 0 Å². The molecule has 0 aromatic heterocycles. The highest BCUT2D eigenvalue weighted by Crippen LogP contribution is 2.19. The highest BCUT2D eigenvalue weighted by atomic mass is 35.5. The Bertz CT molecular complexity index is 716. The minimum Gasteiger partial charge on any atom is -0.489 e. The van der Waals surface area contributed by atoms with E-state index < -0.39 is 0 Å². The van der Waals surface area contributed by atoms with E-state index in [9.17, 15) is 0 Å². The molecule has 27 heavy (non-hydrogen) atoms. The van der Waals surface area contributed by atoms with Crippen molar-refractivity contribution in [3.8, 4) is 5.75 Å². The molecule has 1 aliphatic heterocycles. The molecule has 4 nitrogen and oxygen atoms in total. The summed E-state index contributed by atoms with van der Waals surface area (Å²) in [6.07, 6.45) is 0. The monoisotopic (exact) mass is 387 g/mol. The van der Waals surface area contributed by atoms with Gasteiger partial charge >= 0.3 is 0 Å². The molecule has 2 aromatic rings. The van der Waals surface area contributed by atoms with Crippen molar-refractivity contribution in [3.63, 3.8) is 0 Å². The Balaban J connectivity index is 1.44. The molecule has 1 fully saturated rings. The normalized spacial score (nSPS) is 17.0. The SMILES string of the molecule is CC(CNCc1cccc(OCc2ccccc2Cl)c1)N1CCN(C)CC1. The van der Waals surface area contributed by atoms with Crippen LogP contribution in [0, 0.1) is 0 Å². The van der Waals surface area contributed by atoms with Crippen LogP contribution in [-0.4, -0.2) is 55.6 Å². The van der Waals surface area contributed by atoms with Gasteiger partial charge in [-0.05, 0) is 37.7 Å². The van der Waals surface area contributed by atoms with Crippen molar-refractivity contribution < 1.29 is 4.74 Å². The third kappa shape index (κ3) is 6.22. The van der Waals surface area contributed by atoms with Crippen LogP contribution in [-0.2, 0) is 13.2 Å². The van der Waals surface area contributed by atoms with E-state index in [4.69, 9.17) is 16.3 Å². The highest BCUT2D eigenvalue weighted by molar-refractivity contribution is 6.31. The van der Waals surface area contributed by atoms with Crippen LogP contribution in [0.3, 0.4) is 0 Å². The second-order valence-corrected chi connectivity index (χ2v) is 7.75. The topological polar surface area (TPSA) is 27.7 Å². The van der Waals surface area contributed by atoms with Crippen molar-refractivity contribution in [1.29, 1.82) is 0 Å². The minimum absolute atomic E-state index is 0.483. The minimum atomic E-state index is 0.483. The summed E-state index contributed by atoms with van der Waals surface area (Å²) in [5, 5.41) is 4.33. The molecule has 3 rings (SSSR count). The molecule has 0 amide bonds. The maximum Gasteiger partial charge on any atom is 0.120 e. The van der Waals surface area contributed by atoms with Gasteiger partial charge in [-0.1, -0.05) is 41.9 Å². The smallest absolute Gasteiger partial charge is 0.120 e. The number of piperazine rings is 1. The van der Waals surface area contributed by atoms with Gasteiger partial charge in [-0.15, -0.1) is 0 Å². The molecular weight excluding hydrogens is 358 g/mol. The second kappa shape index (κ2) is 10.1. The molecule has 0 radical (unpaired) electrons. The molecule has 1 saturated heterocycles. The van der Waals surface area contributed by atoms with Crippen molar-refractivity contribution >= 4 is 11.6 Å². The summed E-state index contributed by atoms with van der Waals surface area (Å²) in [4.78, 5) is 4.96. The van der Waals surface area contributed by atoms with E-state index in [0.717, 1.165) is 55.6 Å². The van der Waals surface area contributed by atoms with Gasteiger partial charge in [0.2, 0.25) is 0 Å². The summed E-state index contributed by atoms with van der Waals surface area (Å²) in [7, 11) is 2.20. The van der Waals surface area contributed by atoms with Crippen molar-refractivity contribution in [2.45, 2.75) is 26.1 Å². The van der Waals surface area contributed by atoms with E-state index in [2.05, 4.69) is 41.2 Å². The standard InChI is InChI=1S/C22H30ClN3O/c1-18(26-12-10-25(2)11-13-26)15-24-16-19-6-5-8-21(14-19)27-17-20-7-3-4-9-22(20)23/h3-9,14,18,24H,10-13,15-17H2,1-2H3. The number of hydrogen-bond acceptors (Lipinski definition) is 4. The summed E-state index contributed by atoms with van der Waals surface area (Å²) in [6, 6.07) is 16.6. The Morgan fingerprint density at radius 1 is 1.07 bits per heavy atom. The highest BCUT2D eigenvalue weighted by Gasteiger charge is 2.18. The molecule has 5 heteroatoms. The van der Waals surface area contributed by atoms with Gasteiger partial charge in [0.1, 0.15) is 12.4 Å². The van der Waals surface area contributed by atoms with Gasteiger partial charge in [-0.25, -0.2) is 0 Å². The first kappa shape index (κ1) is 20.2. The van der Waals surface area contributed by atoms with Crippen LogP contribution >= 0.6 is 11.6 Å². The van der Waals surface area contributed by atoms with Gasteiger partial charge in [0.15, 0.2) is 0 Å². The van der Waals surface area contributed by atoms with Crippen LogP contribution < -0.4 is 10.1 Å². The third-order valence-corrected chi connectivity index (χ3v) is 5.55. The lowest BCUT2D eigenvalue weighted by Crippen LogP contribution is -2.50. The number of halogens is 1. The lowest BCUT2D eigenvalue weighted by atomic mass is 10.2. The summed E-state index contributed by atoms with van der Waals surface area (Å²) in [5.41, 5.74) is 2.24. The molecule has 0 saturated carbocycles. The Kier molecular flexibility index (Phi) is 7.53. The summed E-state index contributed by atoms with van der Waals surface area (Å²) in [5.74, 6) is 0.876. The summed E-state index contributed by atoms with van der Waals surface area (Å²) < 4.78 is 5.92. The molecule has 0 spiro atoms. The largest absolute Gasteiger partial charge is 0.489 e. The Morgan fingerprint density at radius 3 is 2.63 bits per heavy atom. The zero-order valence-corrected chi connectivity index (χ0v) is 17.1. The van der Waals surface area contributed by atoms with Crippen LogP contribution in [0.1, 0.15) is 18.1 Å². The predicted octanol–water partition coefficient (Wildman–Crippen LogP) is 3.64. The van der Waals surface area contributed by atoms with Crippen molar-refractivity contribution in [1.82, 2.24) is 15.1 Å². The van der Waals surface area contributed by atoms with E-state index in [-0.39, 0.29) is 0 Å². The van der Waals surface area contributed by atoms with Crippen LogP contribution in [0.2, 0.25) is 5.02 Å². The maximum absolute atomic E-state index is 6.20. The van der Waals surface area contributed by atoms with Gasteiger partial charge in [-0.3, -0.25) is 4.90 Å². The third-order valence-electron chi connectivity index (χ3n) is 5.18. The van der Waals surface area contributed by atoms with E-state index in [1.807, 2.05) is 36.4 Å². The fourth-order valence-corrected chi connectivity index (χ4v) is 3.53. The Hall–Kier alpha value is -1.59.